The summed E-state index contributed by atoms with van der Waals surface area (Å²) in [5.41, 5.74) is 0.937. The van der Waals surface area contributed by atoms with Crippen molar-refractivity contribution < 1.29 is 18.3 Å². The van der Waals surface area contributed by atoms with E-state index in [-0.39, 0.29) is 17.2 Å². The summed E-state index contributed by atoms with van der Waals surface area (Å²) in [7, 11) is 0. The number of hydrogen-bond acceptors (Lipinski definition) is 4. The van der Waals surface area contributed by atoms with Gasteiger partial charge < -0.3 is 9.08 Å². The van der Waals surface area contributed by atoms with Gasteiger partial charge in [0.25, 0.3) is 0 Å². The molecule has 1 aliphatic rings. The maximum atomic E-state index is 14.1. The Bertz CT molecular complexity index is 679. The predicted octanol–water partition coefficient (Wildman–Crippen LogP) is 2.80. The second-order valence-corrected chi connectivity index (χ2v) is 6.67. The lowest BCUT2D eigenvalue weighted by Gasteiger charge is -2.07. The minimum Gasteiger partial charge on any atom is -0.616 e. The third kappa shape index (κ3) is 3.01. The molecule has 0 spiro atoms. The molecule has 1 aliphatic carbocycles. The Hall–Kier alpha value is -1.66. The SMILES string of the molecule is C[S+]([O-])Cc1ccc(C(=O)c2cnoc2C2CC2)c(F)c1. The Labute approximate surface area is 124 Å². The molecule has 6 heteroatoms. The highest BCUT2D eigenvalue weighted by Crippen LogP contribution is 2.42. The monoisotopic (exact) mass is 307 g/mol. The number of aromatic nitrogens is 1. The molecule has 0 aliphatic heterocycles. The van der Waals surface area contributed by atoms with Crippen LogP contribution in [0.15, 0.2) is 28.9 Å². The van der Waals surface area contributed by atoms with Crippen molar-refractivity contribution in [3.63, 3.8) is 0 Å². The van der Waals surface area contributed by atoms with E-state index in [4.69, 9.17) is 4.52 Å². The lowest BCUT2D eigenvalue weighted by atomic mass is 10.0. The smallest absolute Gasteiger partial charge is 0.201 e. The minimum absolute atomic E-state index is 0.00858. The number of rotatable bonds is 5. The van der Waals surface area contributed by atoms with Gasteiger partial charge in [-0.2, -0.15) is 0 Å². The zero-order chi connectivity index (χ0) is 15.0. The molecule has 0 amide bonds. The maximum Gasteiger partial charge on any atom is 0.201 e. The van der Waals surface area contributed by atoms with E-state index < -0.39 is 22.8 Å². The summed E-state index contributed by atoms with van der Waals surface area (Å²) in [5, 5.41) is 3.66. The Kier molecular flexibility index (Phi) is 3.82. The number of carbonyl (C=O) groups excluding carboxylic acids is 1. The molecule has 110 valence electrons. The predicted molar refractivity (Wildman–Crippen MR) is 76.1 cm³/mol. The number of nitrogens with zero attached hydrogens (tertiary/aromatic N) is 1. The second kappa shape index (κ2) is 5.61. The van der Waals surface area contributed by atoms with Crippen LogP contribution in [0.5, 0.6) is 0 Å². The molecule has 1 heterocycles. The van der Waals surface area contributed by atoms with Crippen molar-refractivity contribution in [2.24, 2.45) is 0 Å². The molecule has 21 heavy (non-hydrogen) atoms. The van der Waals surface area contributed by atoms with E-state index >= 15 is 0 Å². The van der Waals surface area contributed by atoms with Crippen LogP contribution < -0.4 is 0 Å². The topological polar surface area (TPSA) is 66.2 Å². The first kappa shape index (κ1) is 14.3. The zero-order valence-electron chi connectivity index (χ0n) is 11.5. The third-order valence-electron chi connectivity index (χ3n) is 3.44. The molecule has 0 radical (unpaired) electrons. The first-order chi connectivity index (χ1) is 10.1. The largest absolute Gasteiger partial charge is 0.616 e. The number of carbonyl (C=O) groups is 1. The molecule has 1 fully saturated rings. The van der Waals surface area contributed by atoms with Gasteiger partial charge in [-0.3, -0.25) is 4.79 Å². The van der Waals surface area contributed by atoms with Crippen molar-refractivity contribution in [1.82, 2.24) is 5.16 Å². The van der Waals surface area contributed by atoms with Gasteiger partial charge in [-0.1, -0.05) is 22.4 Å². The summed E-state index contributed by atoms with van der Waals surface area (Å²) in [6, 6.07) is 4.32. The number of halogens is 1. The Morgan fingerprint density at radius 2 is 2.24 bits per heavy atom. The van der Waals surface area contributed by atoms with Gasteiger partial charge in [0, 0.05) is 11.5 Å². The van der Waals surface area contributed by atoms with Crippen LogP contribution in [-0.2, 0) is 16.9 Å². The zero-order valence-corrected chi connectivity index (χ0v) is 12.3. The number of ketones is 1. The highest BCUT2D eigenvalue weighted by molar-refractivity contribution is 7.89. The number of benzene rings is 1. The van der Waals surface area contributed by atoms with E-state index in [0.29, 0.717) is 16.9 Å². The second-order valence-electron chi connectivity index (χ2n) is 5.24. The fourth-order valence-corrected chi connectivity index (χ4v) is 2.92. The molecule has 0 N–H and O–H groups in total. The molecule has 1 aromatic heterocycles. The summed E-state index contributed by atoms with van der Waals surface area (Å²) < 4.78 is 30.4. The highest BCUT2D eigenvalue weighted by atomic mass is 32.2. The Balaban J connectivity index is 1.89. The molecule has 3 rings (SSSR count). The third-order valence-corrected chi connectivity index (χ3v) is 4.18. The van der Waals surface area contributed by atoms with Crippen molar-refractivity contribution in [3.8, 4) is 0 Å². The van der Waals surface area contributed by atoms with Crippen molar-refractivity contribution >= 4 is 17.0 Å². The molecule has 4 nitrogen and oxygen atoms in total. The normalized spacial score (nSPS) is 16.0. The average Bonchev–Trinajstić information content (AvgIpc) is 3.15. The molecule has 0 saturated heterocycles. The van der Waals surface area contributed by atoms with E-state index in [1.54, 1.807) is 12.3 Å². The van der Waals surface area contributed by atoms with Gasteiger partial charge in [-0.05, 0) is 25.0 Å². The molecular formula is C15H14FNO3S. The van der Waals surface area contributed by atoms with Crippen LogP contribution in [0.25, 0.3) is 0 Å². The van der Waals surface area contributed by atoms with Crippen LogP contribution in [-0.4, -0.2) is 21.7 Å². The van der Waals surface area contributed by atoms with Gasteiger partial charge in [-0.15, -0.1) is 0 Å². The van der Waals surface area contributed by atoms with E-state index in [0.717, 1.165) is 12.8 Å². The van der Waals surface area contributed by atoms with Crippen LogP contribution in [0.1, 0.15) is 46.0 Å². The molecule has 0 bridgehead atoms. The van der Waals surface area contributed by atoms with Gasteiger partial charge in [0.05, 0.1) is 23.6 Å². The lowest BCUT2D eigenvalue weighted by Crippen LogP contribution is -2.07. The van der Waals surface area contributed by atoms with E-state index in [1.807, 2.05) is 0 Å². The van der Waals surface area contributed by atoms with E-state index in [9.17, 15) is 13.7 Å². The Morgan fingerprint density at radius 1 is 1.48 bits per heavy atom. The highest BCUT2D eigenvalue weighted by Gasteiger charge is 2.33. The fourth-order valence-electron chi connectivity index (χ4n) is 2.27. The van der Waals surface area contributed by atoms with Gasteiger partial charge in [0.15, 0.2) is 5.76 Å². The van der Waals surface area contributed by atoms with Crippen LogP contribution in [0.3, 0.4) is 0 Å². The first-order valence-electron chi connectivity index (χ1n) is 6.64. The van der Waals surface area contributed by atoms with Crippen molar-refractivity contribution in [2.75, 3.05) is 6.26 Å². The van der Waals surface area contributed by atoms with Crippen molar-refractivity contribution in [1.29, 1.82) is 0 Å². The summed E-state index contributed by atoms with van der Waals surface area (Å²) in [6.45, 7) is 0. The standard InChI is InChI=1S/C15H14FNO3S/c1-21(19)8-9-2-5-11(13(16)6-9)14(18)12-7-17-20-15(12)10-3-4-10/h2,5-7,10H,3-4,8H2,1H3. The maximum absolute atomic E-state index is 14.1. The lowest BCUT2D eigenvalue weighted by molar-refractivity contribution is 0.103. The molecule has 2 aromatic rings. The van der Waals surface area contributed by atoms with Crippen molar-refractivity contribution in [3.05, 3.63) is 52.7 Å². The quantitative estimate of drug-likeness (QED) is 0.629. The summed E-state index contributed by atoms with van der Waals surface area (Å²) >= 11 is -1.05. The summed E-state index contributed by atoms with van der Waals surface area (Å²) in [4.78, 5) is 12.4. The summed E-state index contributed by atoms with van der Waals surface area (Å²) in [5.74, 6) is 0.0339. The van der Waals surface area contributed by atoms with Crippen molar-refractivity contribution in [2.45, 2.75) is 24.5 Å². The van der Waals surface area contributed by atoms with Gasteiger partial charge in [0.2, 0.25) is 5.78 Å². The molecule has 1 atom stereocenters. The van der Waals surface area contributed by atoms with Crippen LogP contribution >= 0.6 is 0 Å². The minimum atomic E-state index is -1.05. The number of hydrogen-bond donors (Lipinski definition) is 0. The van der Waals surface area contributed by atoms with E-state index in [1.165, 1.54) is 18.3 Å². The molecular weight excluding hydrogens is 293 g/mol. The first-order valence-corrected chi connectivity index (χ1v) is 8.36. The van der Waals surface area contributed by atoms with Crippen LogP contribution in [0, 0.1) is 5.82 Å². The van der Waals surface area contributed by atoms with E-state index in [2.05, 4.69) is 5.16 Å². The van der Waals surface area contributed by atoms with Gasteiger partial charge in [0.1, 0.15) is 11.6 Å². The fraction of sp³-hybridized carbons (Fsp3) is 0.333. The molecule has 1 saturated carbocycles. The summed E-state index contributed by atoms with van der Waals surface area (Å²) in [6.07, 6.45) is 4.85. The Morgan fingerprint density at radius 3 is 2.86 bits per heavy atom. The van der Waals surface area contributed by atoms with Gasteiger partial charge >= 0.3 is 0 Å². The van der Waals surface area contributed by atoms with Crippen LogP contribution in [0.2, 0.25) is 0 Å². The molecule has 1 unspecified atom stereocenters. The average molecular weight is 307 g/mol. The molecule has 1 aromatic carbocycles. The van der Waals surface area contributed by atoms with Gasteiger partial charge in [-0.25, -0.2) is 4.39 Å². The van der Waals surface area contributed by atoms with Crippen LogP contribution in [0.4, 0.5) is 4.39 Å².